The van der Waals surface area contributed by atoms with Gasteiger partial charge in [0.15, 0.2) is 0 Å². The molecule has 1 rings (SSSR count). The van der Waals surface area contributed by atoms with Crippen molar-refractivity contribution in [2.75, 3.05) is 6.54 Å². The third-order valence-electron chi connectivity index (χ3n) is 2.83. The zero-order valence-electron chi connectivity index (χ0n) is 16.0. The molecule has 9 nitrogen and oxygen atoms in total. The monoisotopic (exact) mass is 384 g/mol. The average molecular weight is 384 g/mol. The number of aryl methyl sites for hydroxylation is 1. The molecule has 0 fully saturated rings. The van der Waals surface area contributed by atoms with Crippen molar-refractivity contribution in [2.45, 2.75) is 46.6 Å². The van der Waals surface area contributed by atoms with Crippen molar-refractivity contribution >= 4 is 23.9 Å². The second-order valence-electron chi connectivity index (χ2n) is 5.03. The SMILES string of the molecule is CC.CCC(=O)O.Cc1cccc(C(CC(=O)O)NC(=O)NCC(=O)O)c1. The zero-order valence-corrected chi connectivity index (χ0v) is 16.0. The Hall–Kier alpha value is -3.10. The molecule has 152 valence electrons. The fourth-order valence-corrected chi connectivity index (χ4v) is 1.68. The van der Waals surface area contributed by atoms with Crippen LogP contribution < -0.4 is 10.6 Å². The van der Waals surface area contributed by atoms with Crippen LogP contribution in [0.3, 0.4) is 0 Å². The summed E-state index contributed by atoms with van der Waals surface area (Å²) in [5, 5.41) is 29.6. The van der Waals surface area contributed by atoms with Gasteiger partial charge in [-0.1, -0.05) is 50.6 Å². The van der Waals surface area contributed by atoms with Gasteiger partial charge in [0.25, 0.3) is 0 Å². The quantitative estimate of drug-likeness (QED) is 0.484. The van der Waals surface area contributed by atoms with Crippen molar-refractivity contribution < 1.29 is 34.5 Å². The lowest BCUT2D eigenvalue weighted by Crippen LogP contribution is -2.40. The van der Waals surface area contributed by atoms with Gasteiger partial charge in [0.2, 0.25) is 0 Å². The van der Waals surface area contributed by atoms with Gasteiger partial charge in [-0.2, -0.15) is 0 Å². The molecular formula is C18H28N2O7. The fraction of sp³-hybridized carbons (Fsp3) is 0.444. The van der Waals surface area contributed by atoms with Crippen molar-refractivity contribution in [3.05, 3.63) is 35.4 Å². The molecule has 5 N–H and O–H groups in total. The number of rotatable bonds is 7. The number of urea groups is 1. The molecule has 1 aromatic rings. The number of nitrogens with one attached hydrogen (secondary N) is 2. The van der Waals surface area contributed by atoms with E-state index in [2.05, 4.69) is 10.6 Å². The maximum Gasteiger partial charge on any atom is 0.323 e. The summed E-state index contributed by atoms with van der Waals surface area (Å²) in [6.45, 7) is 6.92. The van der Waals surface area contributed by atoms with Crippen LogP contribution in [0.15, 0.2) is 24.3 Å². The smallest absolute Gasteiger partial charge is 0.323 e. The maximum absolute atomic E-state index is 11.5. The number of carbonyl (C=O) groups is 4. The summed E-state index contributed by atoms with van der Waals surface area (Å²) in [7, 11) is 0. The first kappa shape index (κ1) is 26.1. The van der Waals surface area contributed by atoms with Gasteiger partial charge in [-0.15, -0.1) is 0 Å². The van der Waals surface area contributed by atoms with Gasteiger partial charge in [-0.25, -0.2) is 4.79 Å². The average Bonchev–Trinajstić information content (AvgIpc) is 2.61. The van der Waals surface area contributed by atoms with Crippen LogP contribution in [0.1, 0.15) is 50.8 Å². The predicted octanol–water partition coefficient (Wildman–Crippen LogP) is 2.40. The minimum Gasteiger partial charge on any atom is -0.481 e. The molecule has 0 aliphatic rings. The lowest BCUT2D eigenvalue weighted by atomic mass is 10.0. The van der Waals surface area contributed by atoms with E-state index in [1.165, 1.54) is 0 Å². The lowest BCUT2D eigenvalue weighted by Gasteiger charge is -2.18. The Kier molecular flexibility index (Phi) is 14.7. The summed E-state index contributed by atoms with van der Waals surface area (Å²) < 4.78 is 0. The van der Waals surface area contributed by atoms with E-state index in [0.717, 1.165) is 5.56 Å². The first-order valence-corrected chi connectivity index (χ1v) is 8.42. The number of carboxylic acids is 3. The van der Waals surface area contributed by atoms with Gasteiger partial charge < -0.3 is 26.0 Å². The standard InChI is InChI=1S/C13H16N2O5.C3H6O2.C2H6/c1-8-3-2-4-9(5-8)10(6-11(16)17)15-13(20)14-7-12(18)19;1-2-3(4)5;1-2/h2-5,10H,6-7H2,1H3,(H,16,17)(H,18,19)(H2,14,15,20);2H2,1H3,(H,4,5);1-2H3. The van der Waals surface area contributed by atoms with E-state index in [1.807, 2.05) is 26.8 Å². The van der Waals surface area contributed by atoms with E-state index in [4.69, 9.17) is 15.3 Å². The minimum atomic E-state index is -1.18. The summed E-state index contributed by atoms with van der Waals surface area (Å²) in [4.78, 5) is 42.1. The van der Waals surface area contributed by atoms with Crippen LogP contribution in [-0.4, -0.2) is 45.8 Å². The molecule has 1 unspecified atom stereocenters. The number of benzene rings is 1. The van der Waals surface area contributed by atoms with E-state index in [9.17, 15) is 19.2 Å². The molecule has 0 radical (unpaired) electrons. The molecule has 9 heteroatoms. The number of carboxylic acid groups (broad SMARTS) is 3. The van der Waals surface area contributed by atoms with E-state index in [-0.39, 0.29) is 12.8 Å². The molecule has 0 spiro atoms. The number of hydrogen-bond donors (Lipinski definition) is 5. The lowest BCUT2D eigenvalue weighted by molar-refractivity contribution is -0.138. The van der Waals surface area contributed by atoms with Crippen LogP contribution in [0.25, 0.3) is 0 Å². The minimum absolute atomic E-state index is 0.222. The van der Waals surface area contributed by atoms with Gasteiger partial charge in [0, 0.05) is 6.42 Å². The highest BCUT2D eigenvalue weighted by molar-refractivity contribution is 5.80. The molecule has 27 heavy (non-hydrogen) atoms. The Labute approximate surface area is 158 Å². The molecule has 1 atom stereocenters. The van der Waals surface area contributed by atoms with Gasteiger partial charge in [-0.3, -0.25) is 14.4 Å². The predicted molar refractivity (Wildman–Crippen MR) is 99.6 cm³/mol. The van der Waals surface area contributed by atoms with Gasteiger partial charge in [0.05, 0.1) is 12.5 Å². The second kappa shape index (κ2) is 15.2. The van der Waals surface area contributed by atoms with Gasteiger partial charge >= 0.3 is 23.9 Å². The normalized spacial score (nSPS) is 10.1. The van der Waals surface area contributed by atoms with Crippen LogP contribution in [0, 0.1) is 6.92 Å². The molecular weight excluding hydrogens is 356 g/mol. The van der Waals surface area contributed by atoms with Crippen molar-refractivity contribution in [3.8, 4) is 0 Å². The van der Waals surface area contributed by atoms with E-state index < -0.39 is 36.5 Å². The highest BCUT2D eigenvalue weighted by Crippen LogP contribution is 2.18. The highest BCUT2D eigenvalue weighted by atomic mass is 16.4. The van der Waals surface area contributed by atoms with Crippen molar-refractivity contribution in [2.24, 2.45) is 0 Å². The fourth-order valence-electron chi connectivity index (χ4n) is 1.68. The Bertz CT molecular complexity index is 617. The first-order valence-electron chi connectivity index (χ1n) is 8.42. The van der Waals surface area contributed by atoms with Gasteiger partial charge in [0.1, 0.15) is 6.54 Å². The van der Waals surface area contributed by atoms with Crippen molar-refractivity contribution in [1.82, 2.24) is 10.6 Å². The molecule has 2 amide bonds. The summed E-state index contributed by atoms with van der Waals surface area (Å²) >= 11 is 0. The third kappa shape index (κ3) is 14.9. The molecule has 0 saturated heterocycles. The zero-order chi connectivity index (χ0) is 21.4. The summed E-state index contributed by atoms with van der Waals surface area (Å²) in [6, 6.07) is 5.65. The Morgan fingerprint density at radius 3 is 1.96 bits per heavy atom. The number of aliphatic carboxylic acids is 3. The topological polar surface area (TPSA) is 153 Å². The molecule has 0 aliphatic heterocycles. The number of amides is 2. The van der Waals surface area contributed by atoms with Crippen LogP contribution in [-0.2, 0) is 14.4 Å². The molecule has 0 aromatic heterocycles. The van der Waals surface area contributed by atoms with Crippen molar-refractivity contribution in [3.63, 3.8) is 0 Å². The molecule has 0 saturated carbocycles. The summed E-state index contributed by atoms with van der Waals surface area (Å²) in [6.07, 6.45) is -0.0655. The van der Waals surface area contributed by atoms with Crippen LogP contribution in [0.5, 0.6) is 0 Å². The van der Waals surface area contributed by atoms with Crippen molar-refractivity contribution in [1.29, 1.82) is 0 Å². The maximum atomic E-state index is 11.5. The van der Waals surface area contributed by atoms with Crippen LogP contribution in [0.2, 0.25) is 0 Å². The van der Waals surface area contributed by atoms with Gasteiger partial charge in [-0.05, 0) is 12.5 Å². The molecule has 1 aromatic carbocycles. The van der Waals surface area contributed by atoms with E-state index in [0.29, 0.717) is 5.56 Å². The third-order valence-corrected chi connectivity index (χ3v) is 2.83. The Morgan fingerprint density at radius 2 is 1.56 bits per heavy atom. The highest BCUT2D eigenvalue weighted by Gasteiger charge is 2.18. The Morgan fingerprint density at radius 1 is 1.00 bits per heavy atom. The molecule has 0 aliphatic carbocycles. The number of carbonyl (C=O) groups excluding carboxylic acids is 1. The number of hydrogen-bond acceptors (Lipinski definition) is 4. The first-order chi connectivity index (χ1) is 12.6. The summed E-state index contributed by atoms with van der Waals surface area (Å²) in [5.41, 5.74) is 1.59. The largest absolute Gasteiger partial charge is 0.481 e. The van der Waals surface area contributed by atoms with Crippen LogP contribution in [0.4, 0.5) is 4.79 Å². The molecule has 0 heterocycles. The second-order valence-corrected chi connectivity index (χ2v) is 5.03. The van der Waals surface area contributed by atoms with E-state index >= 15 is 0 Å². The van der Waals surface area contributed by atoms with E-state index in [1.54, 1.807) is 25.1 Å². The summed E-state index contributed by atoms with van der Waals surface area (Å²) in [5.74, 6) is -2.98. The Balaban J connectivity index is 0. The molecule has 0 bridgehead atoms. The van der Waals surface area contributed by atoms with Crippen LogP contribution >= 0.6 is 0 Å².